The summed E-state index contributed by atoms with van der Waals surface area (Å²) in [5.41, 5.74) is 5.76. The number of carbonyl (C=O) groups excluding carboxylic acids is 1. The molecule has 5 nitrogen and oxygen atoms in total. The van der Waals surface area contributed by atoms with Gasteiger partial charge in [-0.2, -0.15) is 0 Å². The van der Waals surface area contributed by atoms with Crippen LogP contribution in [0, 0.1) is 11.7 Å². The average molecular weight is 450 g/mol. The van der Waals surface area contributed by atoms with Crippen LogP contribution in [-0.2, 0) is 33.8 Å². The lowest BCUT2D eigenvalue weighted by molar-refractivity contribution is -0.122. The topological polar surface area (TPSA) is 62.6 Å². The van der Waals surface area contributed by atoms with E-state index in [1.54, 1.807) is 17.2 Å². The highest BCUT2D eigenvalue weighted by molar-refractivity contribution is 7.93. The quantitative estimate of drug-likeness (QED) is 0.600. The van der Waals surface area contributed by atoms with Gasteiger partial charge >= 0.3 is 0 Å². The molecule has 164 valence electrons. The molecule has 1 aliphatic carbocycles. The van der Waals surface area contributed by atoms with Gasteiger partial charge in [0.1, 0.15) is 5.82 Å². The van der Waals surface area contributed by atoms with Crippen molar-refractivity contribution in [3.63, 3.8) is 0 Å². The lowest BCUT2D eigenvalue weighted by atomic mass is 10.0. The summed E-state index contributed by atoms with van der Waals surface area (Å²) in [5.74, 6) is -0.648. The minimum absolute atomic E-state index is 0.0351. The predicted molar refractivity (Wildman–Crippen MR) is 124 cm³/mol. The number of aromatic nitrogens is 1. The summed E-state index contributed by atoms with van der Waals surface area (Å²) in [6.07, 6.45) is 5.15. The zero-order valence-corrected chi connectivity index (χ0v) is 18.9. The van der Waals surface area contributed by atoms with Crippen molar-refractivity contribution in [2.75, 3.05) is 24.7 Å². The molecule has 7 heteroatoms. The van der Waals surface area contributed by atoms with Gasteiger partial charge < -0.3 is 4.90 Å². The van der Waals surface area contributed by atoms with Crippen LogP contribution in [0.15, 0.2) is 64.0 Å². The highest BCUT2D eigenvalue weighted by Crippen LogP contribution is 2.37. The van der Waals surface area contributed by atoms with E-state index in [4.69, 9.17) is 0 Å². The van der Waals surface area contributed by atoms with Gasteiger partial charge in [0, 0.05) is 43.2 Å². The summed E-state index contributed by atoms with van der Waals surface area (Å²) in [6, 6.07) is 15.1. The van der Waals surface area contributed by atoms with Crippen LogP contribution in [0.5, 0.6) is 0 Å². The van der Waals surface area contributed by atoms with Gasteiger partial charge in [-0.15, -0.1) is 0 Å². The molecule has 32 heavy (non-hydrogen) atoms. The Morgan fingerprint density at radius 3 is 2.69 bits per heavy atom. The van der Waals surface area contributed by atoms with Crippen molar-refractivity contribution in [2.24, 2.45) is 10.3 Å². The van der Waals surface area contributed by atoms with E-state index in [0.29, 0.717) is 31.5 Å². The third-order valence-electron chi connectivity index (χ3n) is 6.50. The molecule has 2 heterocycles. The van der Waals surface area contributed by atoms with Gasteiger partial charge in [0.25, 0.3) is 0 Å². The van der Waals surface area contributed by atoms with Crippen molar-refractivity contribution < 1.29 is 13.4 Å². The van der Waals surface area contributed by atoms with Crippen LogP contribution < -0.4 is 4.90 Å². The Morgan fingerprint density at radius 2 is 1.94 bits per heavy atom. The van der Waals surface area contributed by atoms with E-state index in [1.165, 1.54) is 30.5 Å². The normalized spacial score (nSPS) is 18.7. The lowest BCUT2D eigenvalue weighted by Crippen LogP contribution is -2.35. The third kappa shape index (κ3) is 3.50. The van der Waals surface area contributed by atoms with E-state index in [1.807, 2.05) is 18.2 Å². The van der Waals surface area contributed by atoms with Crippen LogP contribution in [0.4, 0.5) is 10.1 Å². The molecule has 0 radical (unpaired) electrons. The second-order valence-electron chi connectivity index (χ2n) is 8.44. The molecule has 5 rings (SSSR count). The van der Waals surface area contributed by atoms with Crippen molar-refractivity contribution >= 4 is 21.3 Å². The molecule has 0 saturated carbocycles. The molecule has 0 saturated heterocycles. The summed E-state index contributed by atoms with van der Waals surface area (Å²) < 4.78 is 31.1. The highest BCUT2D eigenvalue weighted by Gasteiger charge is 2.35. The fourth-order valence-corrected chi connectivity index (χ4v) is 5.66. The second kappa shape index (κ2) is 7.81. The number of halogens is 1. The van der Waals surface area contributed by atoms with Crippen LogP contribution in [-0.4, -0.2) is 34.9 Å². The van der Waals surface area contributed by atoms with Crippen molar-refractivity contribution in [3.05, 3.63) is 77.2 Å². The number of hydrogen-bond donors (Lipinski definition) is 0. The largest absolute Gasteiger partial charge is 0.312 e. The van der Waals surface area contributed by atoms with E-state index in [-0.39, 0.29) is 16.7 Å². The van der Waals surface area contributed by atoms with Crippen LogP contribution in [0.1, 0.15) is 16.7 Å². The molecule has 1 amide bonds. The molecule has 0 unspecified atom stereocenters. The smallest absolute Gasteiger partial charge is 0.230 e. The summed E-state index contributed by atoms with van der Waals surface area (Å²) in [6.45, 7) is 0.511. The number of fused-ring (bicyclic) bond motifs is 2. The van der Waals surface area contributed by atoms with Gasteiger partial charge in [0.05, 0.1) is 20.3 Å². The monoisotopic (exact) mass is 449 g/mol. The number of nitrogens with zero attached hydrogens (tertiary/aromatic N) is 3. The van der Waals surface area contributed by atoms with Crippen LogP contribution in [0.25, 0.3) is 11.3 Å². The first kappa shape index (κ1) is 20.8. The SMILES string of the molecule is CN=[S@@](C)(=O)c1cc2c(cc1F)CCN2C(=O)[C@@H]1Cc2ccc(-c3ccccn3)cc2C1. The standard InChI is InChI=1S/C25H24FN3O2S/c1-27-32(2,31)24-15-23-18(14-21(24)26)8-10-29(23)25(30)20-11-16-6-7-17(12-19(16)13-20)22-5-3-4-9-28-22/h3-7,9,12,14-15,20H,8,10-11,13H2,1-2H3/t20-,32+/m1/s1. The fraction of sp³-hybridized carbons (Fsp3) is 0.280. The Morgan fingerprint density at radius 1 is 1.12 bits per heavy atom. The molecule has 0 spiro atoms. The number of amides is 1. The van der Waals surface area contributed by atoms with Crippen LogP contribution >= 0.6 is 0 Å². The van der Waals surface area contributed by atoms with Gasteiger partial charge in [0.2, 0.25) is 5.91 Å². The Bertz CT molecular complexity index is 1350. The van der Waals surface area contributed by atoms with Gasteiger partial charge in [-0.25, -0.2) is 13.0 Å². The maximum Gasteiger partial charge on any atom is 0.230 e. The molecular formula is C25H24FN3O2S. The maximum atomic E-state index is 14.6. The van der Waals surface area contributed by atoms with E-state index < -0.39 is 15.5 Å². The maximum absolute atomic E-state index is 14.6. The van der Waals surface area contributed by atoms with E-state index >= 15 is 0 Å². The first-order valence-corrected chi connectivity index (χ1v) is 12.6. The number of rotatable bonds is 3. The summed E-state index contributed by atoms with van der Waals surface area (Å²) >= 11 is 0. The molecular weight excluding hydrogens is 425 g/mol. The van der Waals surface area contributed by atoms with Crippen molar-refractivity contribution in [1.82, 2.24) is 4.98 Å². The molecule has 1 aliphatic heterocycles. The highest BCUT2D eigenvalue weighted by atomic mass is 32.2. The molecule has 2 atom stereocenters. The van der Waals surface area contributed by atoms with Crippen molar-refractivity contribution in [1.29, 1.82) is 0 Å². The number of carbonyl (C=O) groups is 1. The average Bonchev–Trinajstić information content (AvgIpc) is 3.42. The lowest BCUT2D eigenvalue weighted by Gasteiger charge is -2.22. The first-order chi connectivity index (χ1) is 15.4. The van der Waals surface area contributed by atoms with Gasteiger partial charge in [-0.3, -0.25) is 9.78 Å². The van der Waals surface area contributed by atoms with Crippen LogP contribution in [0.3, 0.4) is 0 Å². The van der Waals surface area contributed by atoms with Crippen LogP contribution in [0.2, 0.25) is 0 Å². The molecule has 2 aliphatic rings. The first-order valence-electron chi connectivity index (χ1n) is 10.6. The van der Waals surface area contributed by atoms with E-state index in [0.717, 1.165) is 16.8 Å². The zero-order valence-electron chi connectivity index (χ0n) is 18.0. The van der Waals surface area contributed by atoms with Gasteiger partial charge in [0.15, 0.2) is 0 Å². The Labute approximate surface area is 187 Å². The Hall–Kier alpha value is -3.06. The van der Waals surface area contributed by atoms with Gasteiger partial charge in [-0.05, 0) is 66.3 Å². The number of pyridine rings is 1. The summed E-state index contributed by atoms with van der Waals surface area (Å²) in [5, 5.41) is 0. The third-order valence-corrected chi connectivity index (χ3v) is 8.33. The molecule has 3 aromatic rings. The zero-order chi connectivity index (χ0) is 22.5. The van der Waals surface area contributed by atoms with E-state index in [9.17, 15) is 13.4 Å². The summed E-state index contributed by atoms with van der Waals surface area (Å²) in [7, 11) is -1.41. The molecule has 0 bridgehead atoms. The second-order valence-corrected chi connectivity index (χ2v) is 10.8. The van der Waals surface area contributed by atoms with Crippen molar-refractivity contribution in [3.8, 4) is 11.3 Å². The predicted octanol–water partition coefficient (Wildman–Crippen LogP) is 4.28. The molecule has 1 aromatic heterocycles. The summed E-state index contributed by atoms with van der Waals surface area (Å²) in [4.78, 5) is 19.7. The van der Waals surface area contributed by atoms with Crippen molar-refractivity contribution in [2.45, 2.75) is 24.2 Å². The Kier molecular flexibility index (Phi) is 5.08. The fourth-order valence-electron chi connectivity index (χ4n) is 4.71. The molecule has 0 fully saturated rings. The number of benzene rings is 2. The molecule has 2 aromatic carbocycles. The minimum atomic E-state index is -2.84. The number of anilines is 1. The number of hydrogen-bond acceptors (Lipinski definition) is 4. The molecule has 0 N–H and O–H groups in total. The van der Waals surface area contributed by atoms with E-state index in [2.05, 4.69) is 27.5 Å². The van der Waals surface area contributed by atoms with Gasteiger partial charge in [-0.1, -0.05) is 18.2 Å². The minimum Gasteiger partial charge on any atom is -0.312 e. The Balaban J connectivity index is 1.42.